The normalized spacial score (nSPS) is 21.1. The summed E-state index contributed by atoms with van der Waals surface area (Å²) >= 11 is 2.05. The van der Waals surface area contributed by atoms with Crippen LogP contribution in [0.25, 0.3) is 0 Å². The molecule has 22 heavy (non-hydrogen) atoms. The van der Waals surface area contributed by atoms with Crippen LogP contribution in [0.5, 0.6) is 0 Å². The van der Waals surface area contributed by atoms with E-state index in [4.69, 9.17) is 0 Å². The minimum Gasteiger partial charge on any atom is -0.469 e. The second-order valence-electron chi connectivity index (χ2n) is 5.64. The third-order valence-electron chi connectivity index (χ3n) is 3.73. The molecule has 0 spiro atoms. The molecular formula is C15H30IN3O2S. The lowest BCUT2D eigenvalue weighted by atomic mass is 10.1. The van der Waals surface area contributed by atoms with Gasteiger partial charge in [0, 0.05) is 31.3 Å². The van der Waals surface area contributed by atoms with Crippen LogP contribution in [-0.4, -0.2) is 49.7 Å². The summed E-state index contributed by atoms with van der Waals surface area (Å²) < 4.78 is 4.96. The van der Waals surface area contributed by atoms with Crippen molar-refractivity contribution in [3.63, 3.8) is 0 Å². The number of aliphatic imine (C=N–C) groups is 1. The maximum atomic E-state index is 11.0. The number of hydrogen-bond donors (Lipinski definition) is 2. The number of guanidine groups is 1. The second-order valence-corrected chi connectivity index (χ2v) is 7.32. The van der Waals surface area contributed by atoms with E-state index in [1.807, 2.05) is 11.8 Å². The van der Waals surface area contributed by atoms with E-state index >= 15 is 0 Å². The van der Waals surface area contributed by atoms with Gasteiger partial charge in [-0.3, -0.25) is 9.79 Å². The lowest BCUT2D eigenvalue weighted by molar-refractivity contribution is -0.140. The molecule has 7 heteroatoms. The first-order valence-corrected chi connectivity index (χ1v) is 8.73. The van der Waals surface area contributed by atoms with E-state index in [-0.39, 0.29) is 29.9 Å². The topological polar surface area (TPSA) is 62.7 Å². The quantitative estimate of drug-likeness (QED) is 0.199. The zero-order valence-corrected chi connectivity index (χ0v) is 17.1. The smallest absolute Gasteiger partial charge is 0.305 e. The van der Waals surface area contributed by atoms with Crippen LogP contribution in [0.1, 0.15) is 45.4 Å². The Labute approximate surface area is 155 Å². The fourth-order valence-electron chi connectivity index (χ4n) is 2.35. The standard InChI is InChI=1S/C15H29N3O2S.HI/c1-15(9-7-11-21-15)12-18-14(16-2)17-10-6-4-5-8-13(19)20-3;/h4-12H2,1-3H3,(H2,16,17,18);1H. The third kappa shape index (κ3) is 9.07. The van der Waals surface area contributed by atoms with Crippen molar-refractivity contribution >= 4 is 47.7 Å². The monoisotopic (exact) mass is 443 g/mol. The molecule has 1 heterocycles. The summed E-state index contributed by atoms with van der Waals surface area (Å²) in [5, 5.41) is 6.74. The van der Waals surface area contributed by atoms with Gasteiger partial charge in [0.2, 0.25) is 0 Å². The molecule has 0 saturated carbocycles. The van der Waals surface area contributed by atoms with Crippen molar-refractivity contribution in [3.8, 4) is 0 Å². The fourth-order valence-corrected chi connectivity index (χ4v) is 3.59. The highest BCUT2D eigenvalue weighted by Gasteiger charge is 2.29. The Morgan fingerprint density at radius 2 is 2.09 bits per heavy atom. The Hall–Kier alpha value is -0.180. The van der Waals surface area contributed by atoms with Gasteiger partial charge in [0.25, 0.3) is 0 Å². The van der Waals surface area contributed by atoms with Gasteiger partial charge in [0.15, 0.2) is 5.96 Å². The van der Waals surface area contributed by atoms with Crippen LogP contribution >= 0.6 is 35.7 Å². The third-order valence-corrected chi connectivity index (χ3v) is 5.27. The lowest BCUT2D eigenvalue weighted by Crippen LogP contribution is -2.43. The number of nitrogens with one attached hydrogen (secondary N) is 2. The van der Waals surface area contributed by atoms with Crippen molar-refractivity contribution in [2.24, 2.45) is 4.99 Å². The number of carbonyl (C=O) groups is 1. The van der Waals surface area contributed by atoms with Crippen molar-refractivity contribution in [2.45, 2.75) is 50.2 Å². The predicted molar refractivity (Wildman–Crippen MR) is 105 cm³/mol. The maximum absolute atomic E-state index is 11.0. The molecule has 1 saturated heterocycles. The van der Waals surface area contributed by atoms with Gasteiger partial charge in [-0.05, 0) is 38.4 Å². The molecule has 0 aliphatic carbocycles. The number of rotatable bonds is 8. The molecule has 0 radical (unpaired) electrons. The van der Waals surface area contributed by atoms with Gasteiger partial charge in [-0.25, -0.2) is 0 Å². The number of nitrogens with zero attached hydrogens (tertiary/aromatic N) is 1. The zero-order chi connectivity index (χ0) is 15.6. The average molecular weight is 443 g/mol. The van der Waals surface area contributed by atoms with Gasteiger partial charge >= 0.3 is 5.97 Å². The number of ether oxygens (including phenoxy) is 1. The molecule has 1 atom stereocenters. The Balaban J connectivity index is 0.00000441. The predicted octanol–water partition coefficient (Wildman–Crippen LogP) is 2.79. The molecule has 0 aromatic carbocycles. The zero-order valence-electron chi connectivity index (χ0n) is 13.9. The molecule has 1 unspecified atom stereocenters. The SMILES string of the molecule is CN=C(NCCCCCC(=O)OC)NCC1(C)CCCS1.I. The second kappa shape index (κ2) is 12.3. The molecule has 1 aliphatic heterocycles. The molecule has 1 fully saturated rings. The number of methoxy groups -OCH3 is 1. The van der Waals surface area contributed by atoms with Crippen LogP contribution in [0.2, 0.25) is 0 Å². The van der Waals surface area contributed by atoms with Crippen molar-refractivity contribution in [1.29, 1.82) is 0 Å². The molecule has 5 nitrogen and oxygen atoms in total. The van der Waals surface area contributed by atoms with E-state index in [1.54, 1.807) is 7.05 Å². The summed E-state index contributed by atoms with van der Waals surface area (Å²) in [5.41, 5.74) is 0. The number of carbonyl (C=O) groups excluding carboxylic acids is 1. The van der Waals surface area contributed by atoms with E-state index in [1.165, 1.54) is 25.7 Å². The molecule has 130 valence electrons. The number of unbranched alkanes of at least 4 members (excludes halogenated alkanes) is 2. The Bertz CT molecular complexity index is 348. The van der Waals surface area contributed by atoms with E-state index in [0.29, 0.717) is 11.2 Å². The van der Waals surface area contributed by atoms with E-state index in [9.17, 15) is 4.79 Å². The van der Waals surface area contributed by atoms with Crippen molar-refractivity contribution in [2.75, 3.05) is 33.0 Å². The first kappa shape index (κ1) is 21.8. The van der Waals surface area contributed by atoms with Gasteiger partial charge < -0.3 is 15.4 Å². The molecule has 1 rings (SSSR count). The van der Waals surface area contributed by atoms with Gasteiger partial charge in [0.05, 0.1) is 7.11 Å². The highest BCUT2D eigenvalue weighted by Crippen LogP contribution is 2.36. The van der Waals surface area contributed by atoms with Crippen LogP contribution in [-0.2, 0) is 9.53 Å². The first-order valence-electron chi connectivity index (χ1n) is 7.75. The maximum Gasteiger partial charge on any atom is 0.305 e. The molecule has 0 bridgehead atoms. The van der Waals surface area contributed by atoms with Crippen LogP contribution in [0.4, 0.5) is 0 Å². The van der Waals surface area contributed by atoms with E-state index < -0.39 is 0 Å². The summed E-state index contributed by atoms with van der Waals surface area (Å²) in [6.07, 6.45) is 6.04. The minimum absolute atomic E-state index is 0. The van der Waals surface area contributed by atoms with Gasteiger partial charge in [0.1, 0.15) is 0 Å². The van der Waals surface area contributed by atoms with Crippen LogP contribution < -0.4 is 10.6 Å². The molecule has 0 amide bonds. The summed E-state index contributed by atoms with van der Waals surface area (Å²) in [6.45, 7) is 4.15. The first-order chi connectivity index (χ1) is 10.1. The van der Waals surface area contributed by atoms with Crippen molar-refractivity contribution in [1.82, 2.24) is 10.6 Å². The number of thioether (sulfide) groups is 1. The van der Waals surface area contributed by atoms with Gasteiger partial charge in [-0.1, -0.05) is 6.42 Å². The largest absolute Gasteiger partial charge is 0.469 e. The van der Waals surface area contributed by atoms with E-state index in [0.717, 1.165) is 38.3 Å². The molecule has 0 aromatic heterocycles. The van der Waals surface area contributed by atoms with Crippen LogP contribution in [0, 0.1) is 0 Å². The van der Waals surface area contributed by atoms with Gasteiger partial charge in [-0.15, -0.1) is 24.0 Å². The Morgan fingerprint density at radius 3 is 2.68 bits per heavy atom. The molecule has 0 aromatic rings. The number of halogens is 1. The van der Waals surface area contributed by atoms with Crippen molar-refractivity contribution in [3.05, 3.63) is 0 Å². The average Bonchev–Trinajstić information content (AvgIpc) is 2.92. The lowest BCUT2D eigenvalue weighted by Gasteiger charge is -2.24. The summed E-state index contributed by atoms with van der Waals surface area (Å²) in [6, 6.07) is 0. The number of hydrogen-bond acceptors (Lipinski definition) is 4. The Morgan fingerprint density at radius 1 is 1.32 bits per heavy atom. The van der Waals surface area contributed by atoms with E-state index in [2.05, 4.69) is 27.3 Å². The fraction of sp³-hybridized carbons (Fsp3) is 0.867. The summed E-state index contributed by atoms with van der Waals surface area (Å²) in [5.74, 6) is 2.02. The number of esters is 1. The molecule has 1 aliphatic rings. The van der Waals surface area contributed by atoms with Crippen LogP contribution in [0.3, 0.4) is 0 Å². The van der Waals surface area contributed by atoms with Crippen LogP contribution in [0.15, 0.2) is 4.99 Å². The summed E-state index contributed by atoms with van der Waals surface area (Å²) in [4.78, 5) is 15.2. The summed E-state index contributed by atoms with van der Waals surface area (Å²) in [7, 11) is 3.24. The molecule has 2 N–H and O–H groups in total. The minimum atomic E-state index is -0.122. The Kier molecular flexibility index (Phi) is 12.2. The van der Waals surface area contributed by atoms with Gasteiger partial charge in [-0.2, -0.15) is 11.8 Å². The molecular weight excluding hydrogens is 413 g/mol. The highest BCUT2D eigenvalue weighted by atomic mass is 127. The highest BCUT2D eigenvalue weighted by molar-refractivity contribution is 14.0. The van der Waals surface area contributed by atoms with Crippen molar-refractivity contribution < 1.29 is 9.53 Å².